The summed E-state index contributed by atoms with van der Waals surface area (Å²) >= 11 is 0. The van der Waals surface area contributed by atoms with Gasteiger partial charge in [0.05, 0.1) is 19.3 Å². The molecule has 2 rings (SSSR count). The lowest BCUT2D eigenvalue weighted by Gasteiger charge is -2.23. The first-order chi connectivity index (χ1) is 9.24. The summed E-state index contributed by atoms with van der Waals surface area (Å²) in [5.41, 5.74) is 1.95. The molecule has 1 aliphatic heterocycles. The quantitative estimate of drug-likeness (QED) is 0.831. The number of anilines is 1. The van der Waals surface area contributed by atoms with Gasteiger partial charge in [0.15, 0.2) is 0 Å². The van der Waals surface area contributed by atoms with Crippen molar-refractivity contribution in [2.24, 2.45) is 0 Å². The third-order valence-corrected chi connectivity index (χ3v) is 2.88. The predicted octanol–water partition coefficient (Wildman–Crippen LogP) is 0.939. The molecule has 104 valence electrons. The van der Waals surface area contributed by atoms with Crippen molar-refractivity contribution >= 4 is 11.6 Å². The maximum Gasteiger partial charge on any atom is 0.250 e. The molecule has 0 saturated carbocycles. The number of hydrogen-bond acceptors (Lipinski definition) is 4. The van der Waals surface area contributed by atoms with E-state index in [4.69, 9.17) is 9.47 Å². The minimum Gasteiger partial charge on any atom is -0.373 e. The summed E-state index contributed by atoms with van der Waals surface area (Å²) in [6.45, 7) is 4.85. The standard InChI is InChI=1S/C14H20N2O3/c1-11-2-4-12(5-3-11)16-14(17)10-18-9-13-8-15-6-7-19-13/h2-5,13,15H,6-10H2,1H3,(H,16,17). The number of hydrogen-bond donors (Lipinski definition) is 2. The fraction of sp³-hybridized carbons (Fsp3) is 0.500. The third kappa shape index (κ3) is 4.98. The summed E-state index contributed by atoms with van der Waals surface area (Å²) < 4.78 is 10.8. The van der Waals surface area contributed by atoms with Crippen molar-refractivity contribution in [3.8, 4) is 0 Å². The Morgan fingerprint density at radius 2 is 2.26 bits per heavy atom. The lowest BCUT2D eigenvalue weighted by atomic mass is 10.2. The van der Waals surface area contributed by atoms with Gasteiger partial charge in [-0.15, -0.1) is 0 Å². The maximum absolute atomic E-state index is 11.6. The van der Waals surface area contributed by atoms with Gasteiger partial charge in [0.1, 0.15) is 6.61 Å². The number of ether oxygens (including phenoxy) is 2. The molecular formula is C14H20N2O3. The fourth-order valence-corrected chi connectivity index (χ4v) is 1.84. The zero-order chi connectivity index (χ0) is 13.5. The van der Waals surface area contributed by atoms with Gasteiger partial charge in [0, 0.05) is 18.8 Å². The molecule has 5 heteroatoms. The van der Waals surface area contributed by atoms with Crippen LogP contribution in [0.2, 0.25) is 0 Å². The van der Waals surface area contributed by atoms with Gasteiger partial charge in [-0.2, -0.15) is 0 Å². The van der Waals surface area contributed by atoms with Gasteiger partial charge < -0.3 is 20.1 Å². The van der Waals surface area contributed by atoms with Crippen molar-refractivity contribution in [1.29, 1.82) is 0 Å². The van der Waals surface area contributed by atoms with Crippen LogP contribution in [0.4, 0.5) is 5.69 Å². The highest BCUT2D eigenvalue weighted by Crippen LogP contribution is 2.08. The van der Waals surface area contributed by atoms with E-state index >= 15 is 0 Å². The Hall–Kier alpha value is -1.43. The first kappa shape index (κ1) is 14.0. The molecule has 0 radical (unpaired) electrons. The van der Waals surface area contributed by atoms with Crippen molar-refractivity contribution in [3.63, 3.8) is 0 Å². The maximum atomic E-state index is 11.6. The Kier molecular flexibility index (Phi) is 5.32. The van der Waals surface area contributed by atoms with Crippen LogP contribution >= 0.6 is 0 Å². The van der Waals surface area contributed by atoms with Gasteiger partial charge in [-0.25, -0.2) is 0 Å². The Morgan fingerprint density at radius 1 is 1.47 bits per heavy atom. The van der Waals surface area contributed by atoms with Gasteiger partial charge in [0.25, 0.3) is 0 Å². The number of nitrogens with one attached hydrogen (secondary N) is 2. The molecule has 2 N–H and O–H groups in total. The minimum absolute atomic E-state index is 0.0425. The molecule has 5 nitrogen and oxygen atoms in total. The highest BCUT2D eigenvalue weighted by atomic mass is 16.5. The minimum atomic E-state index is -0.146. The molecule has 19 heavy (non-hydrogen) atoms. The monoisotopic (exact) mass is 264 g/mol. The van der Waals surface area contributed by atoms with Crippen molar-refractivity contribution < 1.29 is 14.3 Å². The van der Waals surface area contributed by atoms with E-state index in [0.29, 0.717) is 13.2 Å². The molecule has 0 bridgehead atoms. The van der Waals surface area contributed by atoms with E-state index in [9.17, 15) is 4.79 Å². The Bertz CT molecular complexity index is 400. The fourth-order valence-electron chi connectivity index (χ4n) is 1.84. The second kappa shape index (κ2) is 7.23. The van der Waals surface area contributed by atoms with E-state index in [2.05, 4.69) is 10.6 Å². The van der Waals surface area contributed by atoms with Crippen molar-refractivity contribution in [2.75, 3.05) is 38.2 Å². The molecule has 0 aromatic heterocycles. The van der Waals surface area contributed by atoms with Crippen LogP contribution in [0.3, 0.4) is 0 Å². The summed E-state index contributed by atoms with van der Waals surface area (Å²) in [5.74, 6) is -0.146. The van der Waals surface area contributed by atoms with Gasteiger partial charge >= 0.3 is 0 Å². The average molecular weight is 264 g/mol. The SMILES string of the molecule is Cc1ccc(NC(=O)COCC2CNCCO2)cc1. The molecule has 1 amide bonds. The first-order valence-electron chi connectivity index (χ1n) is 6.50. The van der Waals surface area contributed by atoms with Crippen LogP contribution in [-0.4, -0.2) is 44.9 Å². The zero-order valence-electron chi connectivity index (χ0n) is 11.1. The number of amides is 1. The van der Waals surface area contributed by atoms with E-state index in [1.807, 2.05) is 31.2 Å². The van der Waals surface area contributed by atoms with Crippen LogP contribution in [-0.2, 0) is 14.3 Å². The van der Waals surface area contributed by atoms with Crippen LogP contribution in [0.15, 0.2) is 24.3 Å². The highest BCUT2D eigenvalue weighted by molar-refractivity contribution is 5.91. The molecular weight excluding hydrogens is 244 g/mol. The van der Waals surface area contributed by atoms with E-state index in [1.54, 1.807) is 0 Å². The lowest BCUT2D eigenvalue weighted by molar-refractivity contribution is -0.122. The summed E-state index contributed by atoms with van der Waals surface area (Å²) in [7, 11) is 0. The van der Waals surface area contributed by atoms with E-state index in [-0.39, 0.29) is 18.6 Å². The van der Waals surface area contributed by atoms with Crippen LogP contribution in [0.1, 0.15) is 5.56 Å². The van der Waals surface area contributed by atoms with E-state index < -0.39 is 0 Å². The van der Waals surface area contributed by atoms with Crippen molar-refractivity contribution in [2.45, 2.75) is 13.0 Å². The average Bonchev–Trinajstić information content (AvgIpc) is 2.43. The summed E-state index contributed by atoms with van der Waals surface area (Å²) in [5, 5.41) is 6.00. The number of carbonyl (C=O) groups excluding carboxylic acids is 1. The van der Waals surface area contributed by atoms with Crippen molar-refractivity contribution in [1.82, 2.24) is 5.32 Å². The smallest absolute Gasteiger partial charge is 0.250 e. The Labute approximate surface area is 113 Å². The third-order valence-electron chi connectivity index (χ3n) is 2.88. The number of aryl methyl sites for hydroxylation is 1. The van der Waals surface area contributed by atoms with E-state index in [0.717, 1.165) is 24.3 Å². The van der Waals surface area contributed by atoms with Gasteiger partial charge in [-0.3, -0.25) is 4.79 Å². The van der Waals surface area contributed by atoms with E-state index in [1.165, 1.54) is 0 Å². The molecule has 1 saturated heterocycles. The zero-order valence-corrected chi connectivity index (χ0v) is 11.1. The number of morpholine rings is 1. The van der Waals surface area contributed by atoms with Crippen LogP contribution in [0, 0.1) is 6.92 Å². The van der Waals surface area contributed by atoms with Gasteiger partial charge in [-0.05, 0) is 19.1 Å². The normalized spacial score (nSPS) is 19.1. The molecule has 0 aliphatic carbocycles. The first-order valence-corrected chi connectivity index (χ1v) is 6.50. The van der Waals surface area contributed by atoms with Crippen LogP contribution in [0.25, 0.3) is 0 Å². The van der Waals surface area contributed by atoms with Gasteiger partial charge in [0.2, 0.25) is 5.91 Å². The van der Waals surface area contributed by atoms with Crippen LogP contribution in [0.5, 0.6) is 0 Å². The topological polar surface area (TPSA) is 59.6 Å². The summed E-state index contributed by atoms with van der Waals surface area (Å²) in [6.07, 6.45) is 0.0425. The second-order valence-electron chi connectivity index (χ2n) is 4.63. The number of benzene rings is 1. The van der Waals surface area contributed by atoms with Crippen LogP contribution < -0.4 is 10.6 Å². The molecule has 1 aliphatic rings. The second-order valence-corrected chi connectivity index (χ2v) is 4.63. The van der Waals surface area contributed by atoms with Gasteiger partial charge in [-0.1, -0.05) is 17.7 Å². The predicted molar refractivity (Wildman–Crippen MR) is 73.2 cm³/mol. The summed E-state index contributed by atoms with van der Waals surface area (Å²) in [6, 6.07) is 7.67. The summed E-state index contributed by atoms with van der Waals surface area (Å²) in [4.78, 5) is 11.6. The lowest BCUT2D eigenvalue weighted by Crippen LogP contribution is -2.41. The molecule has 1 heterocycles. The van der Waals surface area contributed by atoms with Crippen molar-refractivity contribution in [3.05, 3.63) is 29.8 Å². The molecule has 1 aromatic carbocycles. The number of carbonyl (C=O) groups is 1. The molecule has 1 fully saturated rings. The molecule has 1 unspecified atom stereocenters. The molecule has 1 aromatic rings. The Morgan fingerprint density at radius 3 is 2.95 bits per heavy atom. The molecule has 1 atom stereocenters. The number of rotatable bonds is 5. The molecule has 0 spiro atoms. The highest BCUT2D eigenvalue weighted by Gasteiger charge is 2.13. The largest absolute Gasteiger partial charge is 0.373 e. The Balaban J connectivity index is 1.65.